The van der Waals surface area contributed by atoms with Crippen LogP contribution in [-0.4, -0.2) is 57.3 Å². The Labute approximate surface area is 180 Å². The summed E-state index contributed by atoms with van der Waals surface area (Å²) >= 11 is 6.15. The maximum atomic E-state index is 12.6. The first-order valence-electron chi connectivity index (χ1n) is 10.00. The van der Waals surface area contributed by atoms with E-state index in [0.29, 0.717) is 42.8 Å². The lowest BCUT2D eigenvalue weighted by molar-refractivity contribution is 0.208. The summed E-state index contributed by atoms with van der Waals surface area (Å²) < 4.78 is 1.75. The van der Waals surface area contributed by atoms with Crippen molar-refractivity contribution in [1.29, 1.82) is 0 Å². The van der Waals surface area contributed by atoms with Gasteiger partial charge in [0.05, 0.1) is 5.69 Å². The molecule has 3 aromatic rings. The van der Waals surface area contributed by atoms with E-state index in [1.807, 2.05) is 31.2 Å². The van der Waals surface area contributed by atoms with Gasteiger partial charge in [-0.25, -0.2) is 4.79 Å². The Bertz CT molecular complexity index is 1040. The SMILES string of the molecule is CCc1cccc(-n2nnnc2N2CCN(C(=O)Nc3ccc(C)c(Cl)c3)CC2)c1. The van der Waals surface area contributed by atoms with Crippen LogP contribution in [0.1, 0.15) is 18.1 Å². The van der Waals surface area contributed by atoms with Crippen LogP contribution in [-0.2, 0) is 6.42 Å². The van der Waals surface area contributed by atoms with Gasteiger partial charge in [-0.15, -0.1) is 0 Å². The summed E-state index contributed by atoms with van der Waals surface area (Å²) in [6.45, 7) is 6.50. The topological polar surface area (TPSA) is 79.2 Å². The summed E-state index contributed by atoms with van der Waals surface area (Å²) in [6.07, 6.45) is 0.950. The van der Waals surface area contributed by atoms with Gasteiger partial charge >= 0.3 is 6.03 Å². The van der Waals surface area contributed by atoms with Gasteiger partial charge in [-0.05, 0) is 59.2 Å². The van der Waals surface area contributed by atoms with E-state index < -0.39 is 0 Å². The summed E-state index contributed by atoms with van der Waals surface area (Å²) in [4.78, 5) is 16.5. The molecule has 9 heteroatoms. The molecular formula is C21H24ClN7O. The number of anilines is 2. The molecule has 1 aliphatic heterocycles. The standard InChI is InChI=1S/C21H24ClN7O/c1-3-16-5-4-6-18(13-16)29-20(24-25-26-29)27-9-11-28(12-10-27)21(30)23-17-8-7-15(2)19(22)14-17/h4-8,13-14H,3,9-12H2,1-2H3,(H,23,30). The predicted molar refractivity (Wildman–Crippen MR) is 118 cm³/mol. The summed E-state index contributed by atoms with van der Waals surface area (Å²) in [5.41, 5.74) is 3.83. The fourth-order valence-corrected chi connectivity index (χ4v) is 3.62. The third-order valence-corrected chi connectivity index (χ3v) is 5.70. The average Bonchev–Trinajstić information content (AvgIpc) is 3.26. The number of nitrogens with zero attached hydrogens (tertiary/aromatic N) is 6. The molecule has 0 atom stereocenters. The second-order valence-corrected chi connectivity index (χ2v) is 7.69. The number of amides is 2. The molecule has 30 heavy (non-hydrogen) atoms. The van der Waals surface area contributed by atoms with E-state index >= 15 is 0 Å². The summed E-state index contributed by atoms with van der Waals surface area (Å²) in [6, 6.07) is 13.6. The van der Waals surface area contributed by atoms with Crippen molar-refractivity contribution in [2.75, 3.05) is 36.4 Å². The molecule has 0 unspecified atom stereocenters. The molecule has 2 amide bonds. The summed E-state index contributed by atoms with van der Waals surface area (Å²) in [5, 5.41) is 15.8. The molecule has 1 N–H and O–H groups in total. The van der Waals surface area contributed by atoms with Gasteiger partial charge in [-0.2, -0.15) is 4.68 Å². The van der Waals surface area contributed by atoms with E-state index in [4.69, 9.17) is 11.6 Å². The number of halogens is 1. The van der Waals surface area contributed by atoms with Gasteiger partial charge in [0.2, 0.25) is 5.95 Å². The van der Waals surface area contributed by atoms with E-state index in [2.05, 4.69) is 44.8 Å². The lowest BCUT2D eigenvalue weighted by Crippen LogP contribution is -2.50. The van der Waals surface area contributed by atoms with Crippen LogP contribution >= 0.6 is 11.6 Å². The predicted octanol–water partition coefficient (Wildman–Crippen LogP) is 3.54. The van der Waals surface area contributed by atoms with Crippen LogP contribution < -0.4 is 10.2 Å². The molecule has 4 rings (SSSR count). The zero-order valence-corrected chi connectivity index (χ0v) is 17.8. The first-order chi connectivity index (χ1) is 14.5. The number of piperazine rings is 1. The smallest absolute Gasteiger partial charge is 0.321 e. The van der Waals surface area contributed by atoms with Crippen LogP contribution in [0.3, 0.4) is 0 Å². The number of carbonyl (C=O) groups excluding carboxylic acids is 1. The minimum atomic E-state index is -0.134. The first-order valence-corrected chi connectivity index (χ1v) is 10.4. The van der Waals surface area contributed by atoms with Crippen LogP contribution in [0.15, 0.2) is 42.5 Å². The fraction of sp³-hybridized carbons (Fsp3) is 0.333. The Balaban J connectivity index is 1.41. The van der Waals surface area contributed by atoms with Crippen molar-refractivity contribution >= 4 is 29.3 Å². The lowest BCUT2D eigenvalue weighted by atomic mass is 10.1. The van der Waals surface area contributed by atoms with Gasteiger partial charge in [0.25, 0.3) is 0 Å². The molecule has 0 spiro atoms. The van der Waals surface area contributed by atoms with Crippen LogP contribution in [0.2, 0.25) is 5.02 Å². The fourth-order valence-electron chi connectivity index (χ4n) is 3.44. The van der Waals surface area contributed by atoms with Crippen molar-refractivity contribution < 1.29 is 4.79 Å². The number of aromatic nitrogens is 4. The number of nitrogens with one attached hydrogen (secondary N) is 1. The second-order valence-electron chi connectivity index (χ2n) is 7.28. The van der Waals surface area contributed by atoms with Crippen LogP contribution in [0.5, 0.6) is 0 Å². The molecule has 1 aromatic heterocycles. The highest BCUT2D eigenvalue weighted by atomic mass is 35.5. The molecule has 0 bridgehead atoms. The van der Waals surface area contributed by atoms with Crippen LogP contribution in [0.25, 0.3) is 5.69 Å². The Hall–Kier alpha value is -3.13. The van der Waals surface area contributed by atoms with Gasteiger partial charge < -0.3 is 15.1 Å². The first kappa shape index (κ1) is 20.2. The zero-order valence-electron chi connectivity index (χ0n) is 17.0. The highest BCUT2D eigenvalue weighted by Gasteiger charge is 2.25. The molecule has 0 aliphatic carbocycles. The monoisotopic (exact) mass is 425 g/mol. The number of benzene rings is 2. The Morgan fingerprint density at radius 2 is 1.93 bits per heavy atom. The second kappa shape index (κ2) is 8.71. The van der Waals surface area contributed by atoms with E-state index in [1.165, 1.54) is 5.56 Å². The van der Waals surface area contributed by atoms with Crippen molar-refractivity contribution in [3.8, 4) is 5.69 Å². The third-order valence-electron chi connectivity index (χ3n) is 5.29. The number of aryl methyl sites for hydroxylation is 2. The maximum absolute atomic E-state index is 12.6. The van der Waals surface area contributed by atoms with E-state index in [9.17, 15) is 4.79 Å². The van der Waals surface area contributed by atoms with E-state index in [-0.39, 0.29) is 6.03 Å². The highest BCUT2D eigenvalue weighted by molar-refractivity contribution is 6.31. The molecule has 2 heterocycles. The van der Waals surface area contributed by atoms with Crippen molar-refractivity contribution in [2.24, 2.45) is 0 Å². The van der Waals surface area contributed by atoms with E-state index in [0.717, 1.165) is 17.7 Å². The number of hydrogen-bond acceptors (Lipinski definition) is 5. The molecule has 156 valence electrons. The van der Waals surface area contributed by atoms with Crippen LogP contribution in [0, 0.1) is 6.92 Å². The number of urea groups is 1. The van der Waals surface area contributed by atoms with Crippen molar-refractivity contribution in [3.63, 3.8) is 0 Å². The normalized spacial score (nSPS) is 14.1. The lowest BCUT2D eigenvalue weighted by Gasteiger charge is -2.34. The van der Waals surface area contributed by atoms with Gasteiger partial charge in [0.15, 0.2) is 0 Å². The number of hydrogen-bond donors (Lipinski definition) is 1. The third kappa shape index (κ3) is 4.23. The van der Waals surface area contributed by atoms with Gasteiger partial charge in [-0.1, -0.05) is 41.8 Å². The molecule has 8 nitrogen and oxygen atoms in total. The molecule has 1 aliphatic rings. The number of rotatable bonds is 4. The summed E-state index contributed by atoms with van der Waals surface area (Å²) in [5.74, 6) is 0.689. The quantitative estimate of drug-likeness (QED) is 0.691. The Morgan fingerprint density at radius 1 is 1.13 bits per heavy atom. The van der Waals surface area contributed by atoms with Gasteiger partial charge in [0.1, 0.15) is 0 Å². The summed E-state index contributed by atoms with van der Waals surface area (Å²) in [7, 11) is 0. The Morgan fingerprint density at radius 3 is 2.67 bits per heavy atom. The maximum Gasteiger partial charge on any atom is 0.321 e. The van der Waals surface area contributed by atoms with Gasteiger partial charge in [-0.3, -0.25) is 0 Å². The largest absolute Gasteiger partial charge is 0.336 e. The zero-order chi connectivity index (χ0) is 21.1. The molecule has 0 radical (unpaired) electrons. The van der Waals surface area contributed by atoms with Crippen molar-refractivity contribution in [2.45, 2.75) is 20.3 Å². The average molecular weight is 426 g/mol. The molecular weight excluding hydrogens is 402 g/mol. The molecule has 1 fully saturated rings. The number of carbonyl (C=O) groups is 1. The van der Waals surface area contributed by atoms with Crippen LogP contribution in [0.4, 0.5) is 16.4 Å². The van der Waals surface area contributed by atoms with E-state index in [1.54, 1.807) is 15.6 Å². The Kier molecular flexibility index (Phi) is 5.85. The van der Waals surface area contributed by atoms with Gasteiger partial charge in [0, 0.05) is 36.9 Å². The minimum Gasteiger partial charge on any atom is -0.336 e. The molecule has 2 aromatic carbocycles. The highest BCUT2D eigenvalue weighted by Crippen LogP contribution is 2.21. The van der Waals surface area contributed by atoms with Crippen molar-refractivity contribution in [3.05, 3.63) is 58.6 Å². The molecule has 1 saturated heterocycles. The molecule has 0 saturated carbocycles. The minimum absolute atomic E-state index is 0.134. The van der Waals surface area contributed by atoms with Crippen molar-refractivity contribution in [1.82, 2.24) is 25.1 Å². The number of tetrazole rings is 1.